The molecule has 0 unspecified atom stereocenters. The number of piperidine rings is 1. The third kappa shape index (κ3) is 6.49. The van der Waals surface area contributed by atoms with Crippen molar-refractivity contribution in [3.8, 4) is 0 Å². The van der Waals surface area contributed by atoms with Crippen LogP contribution in [0.4, 0.5) is 0 Å². The van der Waals surface area contributed by atoms with Crippen LogP contribution >= 0.6 is 0 Å². The molecule has 2 amide bonds. The molecular weight excluding hydrogens is 400 g/mol. The van der Waals surface area contributed by atoms with Crippen molar-refractivity contribution in [1.82, 2.24) is 20.4 Å². The molecule has 1 aromatic rings. The Morgan fingerprint density at radius 1 is 1.32 bits per heavy atom. The van der Waals surface area contributed by atoms with E-state index < -0.39 is 12.1 Å². The zero-order chi connectivity index (χ0) is 22.9. The molecule has 172 valence electrons. The van der Waals surface area contributed by atoms with Gasteiger partial charge < -0.3 is 30.3 Å². The molecule has 3 rings (SSSR count). The van der Waals surface area contributed by atoms with E-state index in [9.17, 15) is 9.59 Å². The molecule has 31 heavy (non-hydrogen) atoms. The highest BCUT2D eigenvalue weighted by Gasteiger charge is 2.40. The Morgan fingerprint density at radius 3 is 2.48 bits per heavy atom. The van der Waals surface area contributed by atoms with Gasteiger partial charge in [-0.25, -0.2) is 0 Å². The van der Waals surface area contributed by atoms with Gasteiger partial charge >= 0.3 is 0 Å². The molecule has 2 fully saturated rings. The summed E-state index contributed by atoms with van der Waals surface area (Å²) in [5.41, 5.74) is 0.816. The Morgan fingerprint density at radius 2 is 1.94 bits per heavy atom. The van der Waals surface area contributed by atoms with Crippen LogP contribution in [-0.4, -0.2) is 91.7 Å². The molecule has 0 radical (unpaired) electrons. The second-order valence-electron chi connectivity index (χ2n) is 8.06. The highest BCUT2D eigenvalue weighted by Crippen LogP contribution is 2.27. The largest absolute Gasteiger partial charge is 0.483 e. The summed E-state index contributed by atoms with van der Waals surface area (Å²) in [5.74, 6) is -0.373. The third-order valence-corrected chi connectivity index (χ3v) is 6.20. The molecule has 2 saturated heterocycles. The first kappa shape index (κ1) is 24.8. The van der Waals surface area contributed by atoms with Gasteiger partial charge in [-0.15, -0.1) is 0 Å². The standard InChI is InChI=1S/C21H32N4O3.CH2O2/c1-4-25-12-10-21(11-13-25,24(2)3)15-22-20(27)19-18(23-17(26)14-28-19)16-8-6-5-7-9-16;2-1-3/h5-9,18-19H,4,10-15H2,1-3H3,(H,22,27)(H,23,26);1H,(H,2,3)/t18-,19+;/m1./s1. The van der Waals surface area contributed by atoms with E-state index >= 15 is 0 Å². The Bertz CT molecular complexity index is 720. The molecule has 2 aliphatic rings. The van der Waals surface area contributed by atoms with E-state index in [-0.39, 0.29) is 30.4 Å². The van der Waals surface area contributed by atoms with Crippen LogP contribution in [0.15, 0.2) is 30.3 Å². The number of likely N-dealkylation sites (N-methyl/N-ethyl adjacent to an activating group) is 1. The SMILES string of the molecule is CCN1CCC(CNC(=O)[C@H]2OCC(=O)N[C@@H]2c2ccccc2)(N(C)C)CC1.O=CO. The van der Waals surface area contributed by atoms with Gasteiger partial charge in [0.25, 0.3) is 12.4 Å². The van der Waals surface area contributed by atoms with Gasteiger partial charge in [-0.3, -0.25) is 14.4 Å². The van der Waals surface area contributed by atoms with Crippen LogP contribution in [0.3, 0.4) is 0 Å². The van der Waals surface area contributed by atoms with Gasteiger partial charge in [0.2, 0.25) is 5.91 Å². The average Bonchev–Trinajstić information content (AvgIpc) is 2.78. The number of hydrogen-bond acceptors (Lipinski definition) is 6. The zero-order valence-corrected chi connectivity index (χ0v) is 18.5. The summed E-state index contributed by atoms with van der Waals surface area (Å²) in [5, 5.41) is 12.9. The number of ether oxygens (including phenoxy) is 1. The number of hydrogen-bond donors (Lipinski definition) is 3. The fourth-order valence-corrected chi connectivity index (χ4v) is 4.12. The summed E-state index contributed by atoms with van der Waals surface area (Å²) in [6.07, 6.45) is 1.30. The van der Waals surface area contributed by atoms with Gasteiger partial charge in [0.15, 0.2) is 6.10 Å². The molecule has 3 N–H and O–H groups in total. The molecule has 0 saturated carbocycles. The van der Waals surface area contributed by atoms with Gasteiger partial charge in [0.1, 0.15) is 6.61 Å². The van der Waals surface area contributed by atoms with Crippen molar-refractivity contribution in [2.75, 3.05) is 46.9 Å². The molecule has 0 aliphatic carbocycles. The molecular formula is C22H34N4O5. The molecule has 9 heteroatoms. The summed E-state index contributed by atoms with van der Waals surface area (Å²) in [4.78, 5) is 37.9. The normalized spacial score (nSPS) is 23.3. The van der Waals surface area contributed by atoms with Crippen molar-refractivity contribution in [1.29, 1.82) is 0 Å². The number of benzene rings is 1. The fraction of sp³-hybridized carbons (Fsp3) is 0.591. The molecule has 0 spiro atoms. The summed E-state index contributed by atoms with van der Waals surface area (Å²) in [6, 6.07) is 9.04. The first-order valence-electron chi connectivity index (χ1n) is 10.6. The van der Waals surface area contributed by atoms with E-state index in [0.29, 0.717) is 6.54 Å². The number of carbonyl (C=O) groups is 3. The van der Waals surface area contributed by atoms with Crippen molar-refractivity contribution in [3.63, 3.8) is 0 Å². The maximum Gasteiger partial charge on any atom is 0.290 e. The van der Waals surface area contributed by atoms with Gasteiger partial charge in [-0.2, -0.15) is 0 Å². The summed E-state index contributed by atoms with van der Waals surface area (Å²) < 4.78 is 5.64. The van der Waals surface area contributed by atoms with Crippen molar-refractivity contribution < 1.29 is 24.2 Å². The summed E-state index contributed by atoms with van der Waals surface area (Å²) >= 11 is 0. The monoisotopic (exact) mass is 434 g/mol. The summed E-state index contributed by atoms with van der Waals surface area (Å²) in [7, 11) is 4.16. The highest BCUT2D eigenvalue weighted by atomic mass is 16.5. The maximum atomic E-state index is 13.0. The first-order chi connectivity index (χ1) is 14.9. The van der Waals surface area contributed by atoms with Crippen molar-refractivity contribution in [2.45, 2.75) is 37.5 Å². The van der Waals surface area contributed by atoms with E-state index in [2.05, 4.69) is 41.5 Å². The minimum atomic E-state index is -0.727. The van der Waals surface area contributed by atoms with E-state index in [1.54, 1.807) is 0 Å². The number of nitrogens with zero attached hydrogens (tertiary/aromatic N) is 2. The number of nitrogens with one attached hydrogen (secondary N) is 2. The number of amides is 2. The fourth-order valence-electron chi connectivity index (χ4n) is 4.12. The summed E-state index contributed by atoms with van der Waals surface area (Å²) in [6.45, 7) is 5.55. The van der Waals surface area contributed by atoms with Crippen LogP contribution in [0.5, 0.6) is 0 Å². The number of likely N-dealkylation sites (tertiary alicyclic amines) is 1. The lowest BCUT2D eigenvalue weighted by molar-refractivity contribution is -0.148. The van der Waals surface area contributed by atoms with E-state index in [0.717, 1.165) is 38.0 Å². The molecule has 0 aromatic heterocycles. The molecule has 9 nitrogen and oxygen atoms in total. The minimum Gasteiger partial charge on any atom is -0.483 e. The maximum absolute atomic E-state index is 13.0. The smallest absolute Gasteiger partial charge is 0.290 e. The Balaban J connectivity index is 0.00000107. The molecule has 2 aliphatic heterocycles. The average molecular weight is 435 g/mol. The van der Waals surface area contributed by atoms with Gasteiger partial charge in [-0.1, -0.05) is 37.3 Å². The lowest BCUT2D eigenvalue weighted by atomic mass is 9.86. The van der Waals surface area contributed by atoms with Crippen molar-refractivity contribution in [2.24, 2.45) is 0 Å². The second-order valence-corrected chi connectivity index (χ2v) is 8.06. The number of morpholine rings is 1. The van der Waals surface area contributed by atoms with Gasteiger partial charge in [0, 0.05) is 12.1 Å². The lowest BCUT2D eigenvalue weighted by Crippen LogP contribution is -2.60. The number of carboxylic acid groups (broad SMARTS) is 1. The zero-order valence-electron chi connectivity index (χ0n) is 18.5. The lowest BCUT2D eigenvalue weighted by Gasteiger charge is -2.46. The molecule has 2 atom stereocenters. The van der Waals surface area contributed by atoms with Crippen LogP contribution in [-0.2, 0) is 19.1 Å². The third-order valence-electron chi connectivity index (χ3n) is 6.20. The Labute approximate surface area is 183 Å². The van der Waals surface area contributed by atoms with Crippen LogP contribution in [0.2, 0.25) is 0 Å². The number of rotatable bonds is 6. The van der Waals surface area contributed by atoms with Crippen LogP contribution in [0, 0.1) is 0 Å². The second kappa shape index (κ2) is 11.8. The predicted octanol–water partition coefficient (Wildman–Crippen LogP) is 0.476. The minimum absolute atomic E-state index is 0.0541. The number of carbonyl (C=O) groups excluding carboxylic acids is 2. The van der Waals surface area contributed by atoms with E-state index in [1.165, 1.54) is 0 Å². The molecule has 1 aromatic carbocycles. The van der Waals surface area contributed by atoms with Crippen LogP contribution < -0.4 is 10.6 Å². The topological polar surface area (TPSA) is 111 Å². The van der Waals surface area contributed by atoms with Gasteiger partial charge in [0.05, 0.1) is 6.04 Å². The van der Waals surface area contributed by atoms with Crippen molar-refractivity contribution >= 4 is 18.3 Å². The Hall–Kier alpha value is -2.49. The Kier molecular flexibility index (Phi) is 9.42. The highest BCUT2D eigenvalue weighted by molar-refractivity contribution is 5.86. The van der Waals surface area contributed by atoms with Crippen LogP contribution in [0.25, 0.3) is 0 Å². The quantitative estimate of drug-likeness (QED) is 0.558. The first-order valence-corrected chi connectivity index (χ1v) is 10.6. The van der Waals surface area contributed by atoms with Gasteiger partial charge in [-0.05, 0) is 52.1 Å². The predicted molar refractivity (Wildman–Crippen MR) is 117 cm³/mol. The molecule has 2 heterocycles. The van der Waals surface area contributed by atoms with Crippen molar-refractivity contribution in [3.05, 3.63) is 35.9 Å². The van der Waals surface area contributed by atoms with E-state index in [4.69, 9.17) is 14.6 Å². The van der Waals surface area contributed by atoms with Crippen LogP contribution in [0.1, 0.15) is 31.4 Å². The molecule has 0 bridgehead atoms. The van der Waals surface area contributed by atoms with E-state index in [1.807, 2.05) is 30.3 Å².